The van der Waals surface area contributed by atoms with E-state index in [-0.39, 0.29) is 35.4 Å². The second kappa shape index (κ2) is 31.9. The molecule has 6 heterocycles. The molecule has 3 aliphatic rings. The Kier molecular flexibility index (Phi) is 27.0. The zero-order valence-corrected chi connectivity index (χ0v) is 45.8. The molecule has 0 atom stereocenters. The zero-order chi connectivity index (χ0) is 53.9. The number of aromatic nitrogens is 3. The van der Waals surface area contributed by atoms with Gasteiger partial charge in [0.2, 0.25) is 0 Å². The molecule has 0 saturated carbocycles. The summed E-state index contributed by atoms with van der Waals surface area (Å²) in [5.74, 6) is 0.440. The van der Waals surface area contributed by atoms with Crippen LogP contribution in [0, 0.1) is 0 Å². The lowest BCUT2D eigenvalue weighted by atomic mass is 10.0. The highest BCUT2D eigenvalue weighted by molar-refractivity contribution is 7.99. The highest BCUT2D eigenvalue weighted by Crippen LogP contribution is 2.39. The molecular weight excluding hydrogens is 941 g/mol. The summed E-state index contributed by atoms with van der Waals surface area (Å²) in [5.41, 5.74) is 9.96. The number of hydrogen-bond acceptors (Lipinski definition) is 8. The van der Waals surface area contributed by atoms with Gasteiger partial charge in [-0.25, -0.2) is 15.0 Å². The van der Waals surface area contributed by atoms with Gasteiger partial charge in [-0.15, -0.1) is 0 Å². The monoisotopic (exact) mass is 1010 g/mol. The van der Waals surface area contributed by atoms with E-state index in [2.05, 4.69) is 29.9 Å². The van der Waals surface area contributed by atoms with Gasteiger partial charge in [0.25, 0.3) is 17.7 Å². The summed E-state index contributed by atoms with van der Waals surface area (Å²) in [7, 11) is 0. The van der Waals surface area contributed by atoms with Gasteiger partial charge in [0.1, 0.15) is 0 Å². The van der Waals surface area contributed by atoms with Crippen LogP contribution >= 0.6 is 23.5 Å². The third-order valence-corrected chi connectivity index (χ3v) is 11.0. The van der Waals surface area contributed by atoms with E-state index >= 15 is 0 Å². The fourth-order valence-corrected chi connectivity index (χ4v) is 8.31. The molecule has 0 fully saturated rings. The molecule has 0 unspecified atom stereocenters. The largest absolute Gasteiger partial charge is 0.494 e. The molecular formula is C58H72N6O6S2. The number of carbonyl (C=O) groups is 3. The molecule has 3 amide bonds. The van der Waals surface area contributed by atoms with Crippen LogP contribution < -0.4 is 0 Å². The number of aromatic hydroxyl groups is 3. The Morgan fingerprint density at radius 1 is 0.375 bits per heavy atom. The van der Waals surface area contributed by atoms with E-state index in [0.29, 0.717) is 73.4 Å². The molecule has 72 heavy (non-hydrogen) atoms. The Bertz CT molecular complexity index is 2710. The molecule has 0 saturated heterocycles. The normalized spacial score (nSPS) is 11.6. The third kappa shape index (κ3) is 14.0. The maximum Gasteiger partial charge on any atom is 0.280 e. The minimum atomic E-state index is -0.329. The first kappa shape index (κ1) is 61.0. The smallest absolute Gasteiger partial charge is 0.280 e. The standard InChI is InChI=1S/2C18H12N2O2.C10H12N2O2S2.6C2H6/c2*21-17-13-14(16(20-17)12-9-5-2-6-10-12)18(22)19-15(13)11-7-3-1-4-8-11;1-15-3-5-7-8(10(14)11-5)6(4-16-2)12-9(7)13;6*1-2/h2*1-10,19,22H;11,14H,3-4H2,1-2H3;6*1-2H3. The number of rotatable bonds is 8. The average molecular weight is 1010 g/mol. The second-order valence-electron chi connectivity index (χ2n) is 13.6. The number of H-pyrrole nitrogens is 3. The van der Waals surface area contributed by atoms with Crippen molar-refractivity contribution in [3.63, 3.8) is 0 Å². The van der Waals surface area contributed by atoms with E-state index in [1.807, 2.05) is 217 Å². The lowest BCUT2D eigenvalue weighted by Gasteiger charge is -2.00. The molecule has 0 spiro atoms. The number of aliphatic imine (C=N–C) groups is 3. The number of hydrogen-bond donors (Lipinski definition) is 6. The quantitative estimate of drug-likeness (QED) is 0.0864. The second-order valence-corrected chi connectivity index (χ2v) is 15.4. The average Bonchev–Trinajstić information content (AvgIpc) is 4.30. The number of amides is 3. The van der Waals surface area contributed by atoms with Crippen molar-refractivity contribution in [1.82, 2.24) is 15.0 Å². The lowest BCUT2D eigenvalue weighted by Crippen LogP contribution is -2.00. The summed E-state index contributed by atoms with van der Waals surface area (Å²) < 4.78 is 0. The molecule has 10 rings (SSSR count). The van der Waals surface area contributed by atoms with E-state index in [0.717, 1.165) is 27.9 Å². The van der Waals surface area contributed by atoms with Gasteiger partial charge >= 0.3 is 0 Å². The Hall–Kier alpha value is -7.16. The molecule has 0 bridgehead atoms. The number of fused-ring (bicyclic) bond motifs is 3. The fourth-order valence-electron chi connectivity index (χ4n) is 7.32. The van der Waals surface area contributed by atoms with Crippen molar-refractivity contribution in [2.45, 2.75) is 88.8 Å². The molecule has 7 aromatic rings. The van der Waals surface area contributed by atoms with Gasteiger partial charge in [0.05, 0.1) is 61.9 Å². The van der Waals surface area contributed by atoms with Gasteiger partial charge in [-0.2, -0.15) is 23.5 Å². The minimum absolute atomic E-state index is 0.0256. The minimum Gasteiger partial charge on any atom is -0.494 e. The van der Waals surface area contributed by atoms with Crippen LogP contribution in [0.3, 0.4) is 0 Å². The van der Waals surface area contributed by atoms with Crippen LogP contribution in [-0.4, -0.2) is 83.4 Å². The van der Waals surface area contributed by atoms with E-state index in [9.17, 15) is 29.7 Å². The molecule has 12 nitrogen and oxygen atoms in total. The van der Waals surface area contributed by atoms with Crippen LogP contribution in [0.4, 0.5) is 0 Å². The molecule has 14 heteroatoms. The zero-order valence-electron chi connectivity index (χ0n) is 44.2. The summed E-state index contributed by atoms with van der Waals surface area (Å²) in [4.78, 5) is 57.3. The van der Waals surface area contributed by atoms with E-state index in [4.69, 9.17) is 0 Å². The number of thioether (sulfide) groups is 2. The summed E-state index contributed by atoms with van der Waals surface area (Å²) in [6.45, 7) is 24.0. The van der Waals surface area contributed by atoms with Crippen LogP contribution in [0.25, 0.3) is 22.5 Å². The Morgan fingerprint density at radius 2 is 0.681 bits per heavy atom. The SMILES string of the molecule is CC.CC.CC.CC.CC.CC.CSCC1=NC(=O)c2c(CSC)[nH]c(O)c21.O=C1N=C(c2ccccc2)c2c(O)[nH]c(-c3ccccc3)c21.O=C1N=C(c2ccccc2)c2c(O)[nH]c(-c3ccccc3)c21. The van der Waals surface area contributed by atoms with Gasteiger partial charge in [0.15, 0.2) is 17.6 Å². The van der Waals surface area contributed by atoms with Crippen molar-refractivity contribution in [1.29, 1.82) is 0 Å². The summed E-state index contributed by atoms with van der Waals surface area (Å²) in [6, 6.07) is 37.7. The number of nitrogens with one attached hydrogen (secondary N) is 3. The molecule has 3 aromatic heterocycles. The van der Waals surface area contributed by atoms with Gasteiger partial charge < -0.3 is 30.3 Å². The first-order valence-electron chi connectivity index (χ1n) is 24.6. The predicted octanol–water partition coefficient (Wildman–Crippen LogP) is 14.8. The highest BCUT2D eigenvalue weighted by Gasteiger charge is 2.35. The summed E-state index contributed by atoms with van der Waals surface area (Å²) >= 11 is 3.18. The van der Waals surface area contributed by atoms with Crippen molar-refractivity contribution < 1.29 is 29.7 Å². The van der Waals surface area contributed by atoms with Crippen LogP contribution in [0.5, 0.6) is 17.6 Å². The Labute approximate surface area is 434 Å². The first-order valence-corrected chi connectivity index (χ1v) is 27.4. The third-order valence-electron chi connectivity index (χ3n) is 9.87. The van der Waals surface area contributed by atoms with Crippen molar-refractivity contribution >= 4 is 58.4 Å². The molecule has 6 N–H and O–H groups in total. The maximum atomic E-state index is 12.3. The number of aromatic amines is 3. The predicted molar refractivity (Wildman–Crippen MR) is 306 cm³/mol. The molecule has 0 radical (unpaired) electrons. The van der Waals surface area contributed by atoms with E-state index < -0.39 is 0 Å². The van der Waals surface area contributed by atoms with Crippen LogP contribution in [0.2, 0.25) is 0 Å². The number of carbonyl (C=O) groups excluding carboxylic acids is 3. The Balaban J connectivity index is 0.000000338. The molecule has 382 valence electrons. The van der Waals surface area contributed by atoms with Crippen LogP contribution in [0.15, 0.2) is 136 Å². The van der Waals surface area contributed by atoms with Gasteiger partial charge in [-0.1, -0.05) is 204 Å². The van der Waals surface area contributed by atoms with Gasteiger partial charge in [-0.05, 0) is 23.6 Å². The lowest BCUT2D eigenvalue weighted by molar-refractivity contribution is 0.0998. The summed E-state index contributed by atoms with van der Waals surface area (Å²) in [6.07, 6.45) is 3.89. The Morgan fingerprint density at radius 3 is 1.01 bits per heavy atom. The van der Waals surface area contributed by atoms with Gasteiger partial charge in [-0.3, -0.25) is 14.4 Å². The molecule has 3 aliphatic heterocycles. The number of nitrogens with zero attached hydrogens (tertiary/aromatic N) is 3. The van der Waals surface area contributed by atoms with E-state index in [1.54, 1.807) is 23.5 Å². The molecule has 0 aliphatic carbocycles. The first-order chi connectivity index (χ1) is 35.2. The molecule has 4 aromatic carbocycles. The fraction of sp³-hybridized carbons (Fsp3) is 0.276. The topological polar surface area (TPSA) is 196 Å². The van der Waals surface area contributed by atoms with Crippen molar-refractivity contribution in [3.8, 4) is 40.2 Å². The highest BCUT2D eigenvalue weighted by atomic mass is 32.2. The van der Waals surface area contributed by atoms with Crippen LogP contribution in [0.1, 0.15) is 148 Å². The van der Waals surface area contributed by atoms with Crippen molar-refractivity contribution in [3.05, 3.63) is 172 Å². The van der Waals surface area contributed by atoms with E-state index in [1.165, 1.54) is 0 Å². The number of benzene rings is 4. The maximum absolute atomic E-state index is 12.3. The summed E-state index contributed by atoms with van der Waals surface area (Å²) in [5, 5.41) is 30.3. The van der Waals surface area contributed by atoms with Crippen LogP contribution in [-0.2, 0) is 5.75 Å². The van der Waals surface area contributed by atoms with Gasteiger partial charge in [0, 0.05) is 28.3 Å². The van der Waals surface area contributed by atoms with Crippen molar-refractivity contribution in [2.24, 2.45) is 15.0 Å². The van der Waals surface area contributed by atoms with Crippen molar-refractivity contribution in [2.75, 3.05) is 18.3 Å².